The zero-order valence-corrected chi connectivity index (χ0v) is 13.9. The largest absolute Gasteiger partial charge is 0.384 e. The zero-order chi connectivity index (χ0) is 15.6. The maximum atomic E-state index is 11.7. The number of anilines is 1. The molecule has 7 heteroatoms. The third-order valence-electron chi connectivity index (χ3n) is 3.71. The molecule has 1 aromatic carbocycles. The number of sulfone groups is 1. The van der Waals surface area contributed by atoms with Gasteiger partial charge < -0.3 is 10.6 Å². The minimum Gasteiger partial charge on any atom is -0.384 e. The van der Waals surface area contributed by atoms with Gasteiger partial charge in [0.2, 0.25) is 0 Å². The molecule has 3 N–H and O–H groups in total. The molecule has 0 bridgehead atoms. The first kappa shape index (κ1) is 16.2. The van der Waals surface area contributed by atoms with E-state index in [1.807, 2.05) is 30.1 Å². The number of nitrogens with zero attached hydrogens (tertiary/aromatic N) is 1. The van der Waals surface area contributed by atoms with Crippen LogP contribution in [0.2, 0.25) is 0 Å². The van der Waals surface area contributed by atoms with Gasteiger partial charge in [0, 0.05) is 23.7 Å². The number of nitrogen functional groups attached to an aromatic ring is 1. The van der Waals surface area contributed by atoms with Crippen LogP contribution in [0.15, 0.2) is 23.1 Å². The lowest BCUT2D eigenvalue weighted by molar-refractivity contribution is 0.601. The average Bonchev–Trinajstić information content (AvgIpc) is 2.78. The summed E-state index contributed by atoms with van der Waals surface area (Å²) in [6, 6.07) is 5.74. The van der Waals surface area contributed by atoms with E-state index in [1.165, 1.54) is 0 Å². The maximum absolute atomic E-state index is 11.7. The van der Waals surface area contributed by atoms with Crippen molar-refractivity contribution in [3.05, 3.63) is 23.8 Å². The molecule has 2 rings (SSSR count). The highest BCUT2D eigenvalue weighted by molar-refractivity contribution is 7.99. The summed E-state index contributed by atoms with van der Waals surface area (Å²) in [5, 5.41) is 7.86. The second-order valence-electron chi connectivity index (χ2n) is 5.16. The second kappa shape index (κ2) is 6.27. The molecule has 21 heavy (non-hydrogen) atoms. The lowest BCUT2D eigenvalue weighted by Gasteiger charge is -2.28. The first-order valence-corrected chi connectivity index (χ1v) is 9.70. The van der Waals surface area contributed by atoms with E-state index in [-0.39, 0.29) is 23.4 Å². The first-order chi connectivity index (χ1) is 9.85. The van der Waals surface area contributed by atoms with Crippen LogP contribution in [0.1, 0.15) is 18.9 Å². The van der Waals surface area contributed by atoms with E-state index in [0.29, 0.717) is 12.0 Å². The Kier molecular flexibility index (Phi) is 4.83. The minimum absolute atomic E-state index is 0.0225. The van der Waals surface area contributed by atoms with Crippen molar-refractivity contribution in [2.45, 2.75) is 24.3 Å². The molecule has 0 aliphatic carbocycles. The molecule has 0 radical (unpaired) electrons. The zero-order valence-electron chi connectivity index (χ0n) is 12.3. The van der Waals surface area contributed by atoms with Crippen LogP contribution in [0.4, 0.5) is 5.69 Å². The summed E-state index contributed by atoms with van der Waals surface area (Å²) < 4.78 is 23.3. The molecule has 5 nitrogen and oxygen atoms in total. The van der Waals surface area contributed by atoms with E-state index in [4.69, 9.17) is 11.1 Å². The molecular weight excluding hydrogens is 306 g/mol. The molecule has 1 unspecified atom stereocenters. The Labute approximate surface area is 130 Å². The van der Waals surface area contributed by atoms with Crippen molar-refractivity contribution in [1.29, 1.82) is 5.41 Å². The van der Waals surface area contributed by atoms with Gasteiger partial charge >= 0.3 is 0 Å². The third kappa shape index (κ3) is 3.52. The maximum Gasteiger partial charge on any atom is 0.152 e. The summed E-state index contributed by atoms with van der Waals surface area (Å²) >= 11 is 1.64. The fourth-order valence-electron chi connectivity index (χ4n) is 2.64. The quantitative estimate of drug-likeness (QED) is 0.488. The van der Waals surface area contributed by atoms with E-state index < -0.39 is 9.84 Å². The van der Waals surface area contributed by atoms with Gasteiger partial charge in [-0.3, -0.25) is 5.41 Å². The van der Waals surface area contributed by atoms with Gasteiger partial charge in [0.15, 0.2) is 9.84 Å². The lowest BCUT2D eigenvalue weighted by atomic mass is 10.1. The summed E-state index contributed by atoms with van der Waals surface area (Å²) in [5.41, 5.74) is 7.30. The van der Waals surface area contributed by atoms with Crippen LogP contribution in [-0.4, -0.2) is 44.6 Å². The predicted octanol–water partition coefficient (Wildman–Crippen LogP) is 1.71. The highest BCUT2D eigenvalue weighted by Gasteiger charge is 2.32. The van der Waals surface area contributed by atoms with Crippen LogP contribution in [0.3, 0.4) is 0 Å². The third-order valence-corrected chi connectivity index (χ3v) is 6.40. The number of hydrogen-bond donors (Lipinski definition) is 2. The van der Waals surface area contributed by atoms with Crippen molar-refractivity contribution < 1.29 is 8.42 Å². The van der Waals surface area contributed by atoms with Crippen molar-refractivity contribution in [2.75, 3.05) is 29.2 Å². The van der Waals surface area contributed by atoms with Gasteiger partial charge in [-0.1, -0.05) is 13.0 Å². The number of hydrogen-bond acceptors (Lipinski definition) is 5. The second-order valence-corrected chi connectivity index (χ2v) is 8.70. The summed E-state index contributed by atoms with van der Waals surface area (Å²) in [4.78, 5) is 2.93. The SMILES string of the molecule is CCSc1cccc(N(C)C2CCS(=O)(=O)C2)c1C(=N)N. The van der Waals surface area contributed by atoms with Gasteiger partial charge in [0.05, 0.1) is 17.1 Å². The van der Waals surface area contributed by atoms with E-state index in [0.717, 1.165) is 16.3 Å². The number of nitrogens with two attached hydrogens (primary N) is 1. The molecule has 1 atom stereocenters. The molecule has 1 heterocycles. The fraction of sp³-hybridized carbons (Fsp3) is 0.500. The Morgan fingerprint density at radius 3 is 2.76 bits per heavy atom. The molecule has 116 valence electrons. The van der Waals surface area contributed by atoms with Gasteiger partial charge in [0.1, 0.15) is 5.84 Å². The first-order valence-electron chi connectivity index (χ1n) is 6.89. The summed E-state index contributed by atoms with van der Waals surface area (Å²) in [7, 11) is -1.05. The Morgan fingerprint density at radius 2 is 2.24 bits per heavy atom. The number of benzene rings is 1. The normalized spacial score (nSPS) is 20.4. The fourth-order valence-corrected chi connectivity index (χ4v) is 5.26. The molecule has 0 saturated carbocycles. The molecule has 0 amide bonds. The molecule has 1 fully saturated rings. The van der Waals surface area contributed by atoms with Crippen LogP contribution < -0.4 is 10.6 Å². The van der Waals surface area contributed by atoms with E-state index >= 15 is 0 Å². The van der Waals surface area contributed by atoms with Crippen molar-refractivity contribution >= 4 is 33.1 Å². The van der Waals surface area contributed by atoms with Crippen LogP contribution >= 0.6 is 11.8 Å². The van der Waals surface area contributed by atoms with Crippen LogP contribution in [0.5, 0.6) is 0 Å². The van der Waals surface area contributed by atoms with E-state index in [2.05, 4.69) is 6.92 Å². The average molecular weight is 327 g/mol. The lowest BCUT2D eigenvalue weighted by Crippen LogP contribution is -2.34. The Balaban J connectivity index is 2.39. The standard InChI is InChI=1S/C14H21N3O2S2/c1-3-20-12-6-4-5-11(13(12)14(15)16)17(2)10-7-8-21(18,19)9-10/h4-6,10H,3,7-9H2,1-2H3,(H3,15,16). The summed E-state index contributed by atoms with van der Waals surface area (Å²) in [6.45, 7) is 2.05. The van der Waals surface area contributed by atoms with E-state index in [9.17, 15) is 8.42 Å². The smallest absolute Gasteiger partial charge is 0.152 e. The van der Waals surface area contributed by atoms with Gasteiger partial charge in [-0.15, -0.1) is 11.8 Å². The van der Waals surface area contributed by atoms with Crippen LogP contribution in [-0.2, 0) is 9.84 Å². The van der Waals surface area contributed by atoms with Gasteiger partial charge in [0.25, 0.3) is 0 Å². The van der Waals surface area contributed by atoms with Crippen LogP contribution in [0, 0.1) is 5.41 Å². The minimum atomic E-state index is -2.93. The predicted molar refractivity (Wildman–Crippen MR) is 89.3 cm³/mol. The molecule has 1 saturated heterocycles. The number of rotatable bonds is 5. The van der Waals surface area contributed by atoms with Crippen molar-refractivity contribution in [3.8, 4) is 0 Å². The Bertz CT molecular complexity index is 644. The molecular formula is C14H21N3O2S2. The van der Waals surface area contributed by atoms with Crippen LogP contribution in [0.25, 0.3) is 0 Å². The van der Waals surface area contributed by atoms with Gasteiger partial charge in [-0.05, 0) is 24.3 Å². The molecule has 1 aliphatic rings. The van der Waals surface area contributed by atoms with E-state index in [1.54, 1.807) is 11.8 Å². The highest BCUT2D eigenvalue weighted by Crippen LogP contribution is 2.32. The molecule has 1 aliphatic heterocycles. The summed E-state index contributed by atoms with van der Waals surface area (Å²) in [5.74, 6) is 1.33. The highest BCUT2D eigenvalue weighted by atomic mass is 32.2. The topological polar surface area (TPSA) is 87.2 Å². The Hall–Kier alpha value is -1.21. The molecule has 0 aromatic heterocycles. The molecule has 0 spiro atoms. The molecule has 1 aromatic rings. The van der Waals surface area contributed by atoms with Crippen molar-refractivity contribution in [3.63, 3.8) is 0 Å². The number of amidine groups is 1. The van der Waals surface area contributed by atoms with Crippen molar-refractivity contribution in [2.24, 2.45) is 5.73 Å². The number of nitrogens with one attached hydrogen (secondary N) is 1. The monoisotopic (exact) mass is 327 g/mol. The van der Waals surface area contributed by atoms with Crippen molar-refractivity contribution in [1.82, 2.24) is 0 Å². The number of thioether (sulfide) groups is 1. The van der Waals surface area contributed by atoms with Gasteiger partial charge in [-0.25, -0.2) is 8.42 Å². The Morgan fingerprint density at radius 1 is 1.52 bits per heavy atom. The summed E-state index contributed by atoms with van der Waals surface area (Å²) in [6.07, 6.45) is 0.626. The van der Waals surface area contributed by atoms with Gasteiger partial charge in [-0.2, -0.15) is 0 Å².